The molecule has 1 heterocycles. The second kappa shape index (κ2) is 3.11. The molecule has 1 aliphatic rings. The number of carbonyl (C=O) groups excluding carboxylic acids is 1. The minimum absolute atomic E-state index is 0.102. The first-order valence-corrected chi connectivity index (χ1v) is 3.83. The van der Waals surface area contributed by atoms with E-state index < -0.39 is 0 Å². The fraction of sp³-hybridized carbons (Fsp3) is 0.750. The molecule has 0 radical (unpaired) electrons. The summed E-state index contributed by atoms with van der Waals surface area (Å²) in [5.41, 5.74) is -0.342. The van der Waals surface area contributed by atoms with Crippen LogP contribution in [0.4, 0.5) is 0 Å². The number of morpholine rings is 1. The SMILES string of the molecule is CC1(C)COCC(=O)N1CC#N. The Kier molecular flexibility index (Phi) is 2.34. The monoisotopic (exact) mass is 168 g/mol. The number of ether oxygens (including phenoxy) is 1. The van der Waals surface area contributed by atoms with Crippen molar-refractivity contribution in [2.24, 2.45) is 0 Å². The summed E-state index contributed by atoms with van der Waals surface area (Å²) in [7, 11) is 0. The molecule has 0 spiro atoms. The van der Waals surface area contributed by atoms with Crippen LogP contribution in [0.5, 0.6) is 0 Å². The Labute approximate surface area is 71.7 Å². The van der Waals surface area contributed by atoms with Gasteiger partial charge in [0, 0.05) is 0 Å². The number of nitrogens with zero attached hydrogens (tertiary/aromatic N) is 2. The standard InChI is InChI=1S/C8H12N2O2/c1-8(2)6-12-5-7(11)10(8)4-3-9/h4-6H2,1-2H3. The van der Waals surface area contributed by atoms with Gasteiger partial charge in [0.05, 0.1) is 18.2 Å². The van der Waals surface area contributed by atoms with Crippen LogP contribution in [-0.4, -0.2) is 36.1 Å². The molecule has 0 aromatic carbocycles. The van der Waals surface area contributed by atoms with Gasteiger partial charge in [-0.3, -0.25) is 4.79 Å². The molecule has 0 atom stereocenters. The number of nitriles is 1. The zero-order valence-corrected chi connectivity index (χ0v) is 7.33. The predicted molar refractivity (Wildman–Crippen MR) is 42.2 cm³/mol. The molecule has 4 nitrogen and oxygen atoms in total. The van der Waals surface area contributed by atoms with Crippen molar-refractivity contribution < 1.29 is 9.53 Å². The quantitative estimate of drug-likeness (QED) is 0.523. The highest BCUT2D eigenvalue weighted by Crippen LogP contribution is 2.18. The second-order valence-electron chi connectivity index (χ2n) is 3.44. The molecule has 0 aliphatic carbocycles. The first-order valence-electron chi connectivity index (χ1n) is 3.83. The lowest BCUT2D eigenvalue weighted by Crippen LogP contribution is -2.56. The van der Waals surface area contributed by atoms with E-state index in [1.165, 1.54) is 0 Å². The molecular weight excluding hydrogens is 156 g/mol. The summed E-state index contributed by atoms with van der Waals surface area (Å²) in [6.07, 6.45) is 0. The average molecular weight is 168 g/mol. The molecular formula is C8H12N2O2. The van der Waals surface area contributed by atoms with Gasteiger partial charge in [0.15, 0.2) is 0 Å². The van der Waals surface area contributed by atoms with E-state index >= 15 is 0 Å². The maximum atomic E-state index is 11.2. The third kappa shape index (κ3) is 1.56. The molecule has 0 unspecified atom stereocenters. The largest absolute Gasteiger partial charge is 0.369 e. The van der Waals surface area contributed by atoms with Crippen LogP contribution in [0.3, 0.4) is 0 Å². The molecule has 0 N–H and O–H groups in total. The number of hydrogen-bond donors (Lipinski definition) is 0. The summed E-state index contributed by atoms with van der Waals surface area (Å²) < 4.78 is 5.07. The van der Waals surface area contributed by atoms with Gasteiger partial charge in [-0.25, -0.2) is 0 Å². The highest BCUT2D eigenvalue weighted by molar-refractivity contribution is 5.79. The van der Waals surface area contributed by atoms with E-state index in [0.29, 0.717) is 6.61 Å². The predicted octanol–water partition coefficient (Wildman–Crippen LogP) is 0.147. The highest BCUT2D eigenvalue weighted by Gasteiger charge is 2.34. The van der Waals surface area contributed by atoms with E-state index in [0.717, 1.165) is 0 Å². The molecule has 12 heavy (non-hydrogen) atoms. The Morgan fingerprint density at radius 1 is 1.75 bits per heavy atom. The van der Waals surface area contributed by atoms with Crippen molar-refractivity contribution in [2.75, 3.05) is 19.8 Å². The van der Waals surface area contributed by atoms with Crippen LogP contribution in [0.2, 0.25) is 0 Å². The Bertz CT molecular complexity index is 230. The van der Waals surface area contributed by atoms with Crippen LogP contribution in [-0.2, 0) is 9.53 Å². The fourth-order valence-electron chi connectivity index (χ4n) is 1.25. The van der Waals surface area contributed by atoms with Crippen LogP contribution in [0, 0.1) is 11.3 Å². The van der Waals surface area contributed by atoms with Gasteiger partial charge in [-0.2, -0.15) is 5.26 Å². The average Bonchev–Trinajstić information content (AvgIpc) is 1.97. The minimum atomic E-state index is -0.342. The number of hydrogen-bond acceptors (Lipinski definition) is 3. The normalized spacial score (nSPS) is 22.1. The van der Waals surface area contributed by atoms with Crippen molar-refractivity contribution in [3.63, 3.8) is 0 Å². The van der Waals surface area contributed by atoms with Crippen molar-refractivity contribution in [1.29, 1.82) is 5.26 Å². The number of amides is 1. The maximum Gasteiger partial charge on any atom is 0.249 e. The highest BCUT2D eigenvalue weighted by atomic mass is 16.5. The molecule has 1 amide bonds. The first-order chi connectivity index (χ1) is 5.58. The van der Waals surface area contributed by atoms with Crippen molar-refractivity contribution in [1.82, 2.24) is 4.90 Å². The van der Waals surface area contributed by atoms with Crippen molar-refractivity contribution in [3.05, 3.63) is 0 Å². The maximum absolute atomic E-state index is 11.2. The van der Waals surface area contributed by atoms with Crippen LogP contribution >= 0.6 is 0 Å². The zero-order valence-electron chi connectivity index (χ0n) is 7.33. The van der Waals surface area contributed by atoms with Gasteiger partial charge in [0.2, 0.25) is 5.91 Å². The molecule has 0 aromatic rings. The van der Waals surface area contributed by atoms with Gasteiger partial charge in [-0.05, 0) is 13.8 Å². The molecule has 0 bridgehead atoms. The molecule has 0 aromatic heterocycles. The van der Waals surface area contributed by atoms with Crippen molar-refractivity contribution >= 4 is 5.91 Å². The molecule has 4 heteroatoms. The Hall–Kier alpha value is -1.08. The van der Waals surface area contributed by atoms with E-state index in [1.54, 1.807) is 4.90 Å². The summed E-state index contributed by atoms with van der Waals surface area (Å²) in [4.78, 5) is 12.8. The second-order valence-corrected chi connectivity index (χ2v) is 3.44. The molecule has 1 aliphatic heterocycles. The van der Waals surface area contributed by atoms with Gasteiger partial charge in [0.25, 0.3) is 0 Å². The first kappa shape index (κ1) is 9.01. The van der Waals surface area contributed by atoms with E-state index in [9.17, 15) is 4.79 Å². The van der Waals surface area contributed by atoms with Crippen LogP contribution in [0.15, 0.2) is 0 Å². The summed E-state index contributed by atoms with van der Waals surface area (Å²) in [5, 5.41) is 8.48. The Morgan fingerprint density at radius 3 is 2.92 bits per heavy atom. The van der Waals surface area contributed by atoms with E-state index in [1.807, 2.05) is 19.9 Å². The van der Waals surface area contributed by atoms with Gasteiger partial charge >= 0.3 is 0 Å². The van der Waals surface area contributed by atoms with Gasteiger partial charge in [-0.15, -0.1) is 0 Å². The third-order valence-corrected chi connectivity index (χ3v) is 1.94. The summed E-state index contributed by atoms with van der Waals surface area (Å²) in [6.45, 7) is 4.53. The topological polar surface area (TPSA) is 53.3 Å². The molecule has 1 saturated heterocycles. The number of carbonyl (C=O) groups is 1. The fourth-order valence-corrected chi connectivity index (χ4v) is 1.25. The van der Waals surface area contributed by atoms with E-state index in [2.05, 4.69) is 0 Å². The third-order valence-electron chi connectivity index (χ3n) is 1.94. The van der Waals surface area contributed by atoms with Gasteiger partial charge < -0.3 is 9.64 Å². The van der Waals surface area contributed by atoms with Crippen molar-refractivity contribution in [3.8, 4) is 6.07 Å². The van der Waals surface area contributed by atoms with Gasteiger partial charge in [0.1, 0.15) is 13.2 Å². The zero-order chi connectivity index (χ0) is 9.19. The summed E-state index contributed by atoms with van der Waals surface area (Å²) >= 11 is 0. The minimum Gasteiger partial charge on any atom is -0.369 e. The smallest absolute Gasteiger partial charge is 0.249 e. The molecule has 66 valence electrons. The van der Waals surface area contributed by atoms with Crippen LogP contribution in [0.25, 0.3) is 0 Å². The molecule has 0 saturated carbocycles. The Balaban J connectivity index is 2.75. The Morgan fingerprint density at radius 2 is 2.42 bits per heavy atom. The lowest BCUT2D eigenvalue weighted by atomic mass is 10.0. The lowest BCUT2D eigenvalue weighted by molar-refractivity contribution is -0.153. The van der Waals surface area contributed by atoms with Crippen LogP contribution < -0.4 is 0 Å². The van der Waals surface area contributed by atoms with E-state index in [-0.39, 0.29) is 24.6 Å². The van der Waals surface area contributed by atoms with E-state index in [4.69, 9.17) is 10.00 Å². The van der Waals surface area contributed by atoms with Gasteiger partial charge in [-0.1, -0.05) is 0 Å². The number of rotatable bonds is 1. The summed E-state index contributed by atoms with van der Waals surface area (Å²) in [5.74, 6) is -0.104. The molecule has 1 rings (SSSR count). The van der Waals surface area contributed by atoms with Crippen molar-refractivity contribution in [2.45, 2.75) is 19.4 Å². The lowest BCUT2D eigenvalue weighted by Gasteiger charge is -2.40. The van der Waals surface area contributed by atoms with Crippen LogP contribution in [0.1, 0.15) is 13.8 Å². The molecule has 1 fully saturated rings. The summed E-state index contributed by atoms with van der Waals surface area (Å²) in [6, 6.07) is 1.97.